The van der Waals surface area contributed by atoms with Crippen molar-refractivity contribution in [3.05, 3.63) is 47.2 Å². The summed E-state index contributed by atoms with van der Waals surface area (Å²) < 4.78 is 10.8. The monoisotopic (exact) mass is 439 g/mol. The van der Waals surface area contributed by atoms with E-state index in [1.807, 2.05) is 23.6 Å². The van der Waals surface area contributed by atoms with Gasteiger partial charge in [-0.25, -0.2) is 19.7 Å². The molecule has 1 atom stereocenters. The molecule has 9 nitrogen and oxygen atoms in total. The smallest absolute Gasteiger partial charge is 0.343 e. The molecule has 10 heteroatoms. The van der Waals surface area contributed by atoms with Crippen LogP contribution in [0.2, 0.25) is 0 Å². The Morgan fingerprint density at radius 2 is 2.23 bits per heavy atom. The number of carbonyl (C=O) groups is 2. The molecule has 1 amide bonds. The molecule has 2 N–H and O–H groups in total. The van der Waals surface area contributed by atoms with Gasteiger partial charge in [0.15, 0.2) is 5.13 Å². The minimum atomic E-state index is -0.499. The van der Waals surface area contributed by atoms with Gasteiger partial charge in [0.25, 0.3) is 0 Å². The van der Waals surface area contributed by atoms with Crippen molar-refractivity contribution in [1.29, 1.82) is 0 Å². The molecule has 1 aliphatic rings. The second-order valence-corrected chi connectivity index (χ2v) is 7.67. The number of amides is 1. The minimum Gasteiger partial charge on any atom is -0.493 e. The average molecular weight is 439 g/mol. The summed E-state index contributed by atoms with van der Waals surface area (Å²) in [4.78, 5) is 36.3. The van der Waals surface area contributed by atoms with Crippen molar-refractivity contribution in [1.82, 2.24) is 20.3 Å². The molecule has 0 saturated heterocycles. The van der Waals surface area contributed by atoms with E-state index in [2.05, 4.69) is 25.6 Å². The number of rotatable bonds is 6. The molecular formula is C21H21N5O4S. The number of hydrogen-bond donors (Lipinski definition) is 2. The molecule has 0 saturated carbocycles. The first-order valence-electron chi connectivity index (χ1n) is 9.79. The average Bonchev–Trinajstić information content (AvgIpc) is 3.22. The summed E-state index contributed by atoms with van der Waals surface area (Å²) in [5.74, 6) is 0.521. The van der Waals surface area contributed by atoms with Crippen LogP contribution in [-0.2, 0) is 9.53 Å². The topological polar surface area (TPSA) is 115 Å². The van der Waals surface area contributed by atoms with E-state index in [-0.39, 0.29) is 24.1 Å². The minimum absolute atomic E-state index is 0.0781. The van der Waals surface area contributed by atoms with Gasteiger partial charge < -0.3 is 20.1 Å². The number of anilines is 2. The lowest BCUT2D eigenvalue weighted by molar-refractivity contribution is -0.119. The van der Waals surface area contributed by atoms with Crippen LogP contribution in [0.25, 0.3) is 11.3 Å². The van der Waals surface area contributed by atoms with E-state index in [9.17, 15) is 9.59 Å². The fourth-order valence-corrected chi connectivity index (χ4v) is 4.02. The standard InChI is InChI=1S/C21H21N5O4S/c1-3-29-20(28)15-9-22-11-23-19(15)26-21-25-17(10-31-21)13-4-5-18-14(8-13)16(6-7-30-18)24-12(2)27/h4-5,8-11,16H,3,6-7H2,1-2H3,(H,24,27)(H,22,23,25,26). The lowest BCUT2D eigenvalue weighted by atomic mass is 9.97. The van der Waals surface area contributed by atoms with E-state index in [4.69, 9.17) is 9.47 Å². The highest BCUT2D eigenvalue weighted by Gasteiger charge is 2.23. The van der Waals surface area contributed by atoms with Crippen LogP contribution in [0.5, 0.6) is 5.75 Å². The van der Waals surface area contributed by atoms with Crippen LogP contribution in [0.4, 0.5) is 10.9 Å². The van der Waals surface area contributed by atoms with Gasteiger partial charge in [0, 0.05) is 36.0 Å². The van der Waals surface area contributed by atoms with E-state index >= 15 is 0 Å². The van der Waals surface area contributed by atoms with Crippen molar-refractivity contribution in [3.8, 4) is 17.0 Å². The summed E-state index contributed by atoms with van der Waals surface area (Å²) in [5, 5.41) is 8.53. The Kier molecular flexibility index (Phi) is 6.08. The first-order chi connectivity index (χ1) is 15.0. The molecule has 1 aromatic carbocycles. The molecule has 0 fully saturated rings. The maximum absolute atomic E-state index is 12.1. The number of ether oxygens (including phenoxy) is 2. The SMILES string of the molecule is CCOC(=O)c1cncnc1Nc1nc(-c2ccc3c(c2)C(NC(C)=O)CCO3)cs1. The van der Waals surface area contributed by atoms with Crippen LogP contribution in [0.1, 0.15) is 42.2 Å². The summed E-state index contributed by atoms with van der Waals surface area (Å²) in [6.07, 6.45) is 3.48. The number of carbonyl (C=O) groups excluding carboxylic acids is 2. The lowest BCUT2D eigenvalue weighted by Crippen LogP contribution is -2.30. The predicted octanol–water partition coefficient (Wildman–Crippen LogP) is 3.48. The van der Waals surface area contributed by atoms with Crippen molar-refractivity contribution in [2.24, 2.45) is 0 Å². The molecule has 1 unspecified atom stereocenters. The van der Waals surface area contributed by atoms with Gasteiger partial charge in [0.2, 0.25) is 5.91 Å². The van der Waals surface area contributed by atoms with E-state index in [0.717, 1.165) is 22.6 Å². The van der Waals surface area contributed by atoms with Crippen molar-refractivity contribution < 1.29 is 19.1 Å². The summed E-state index contributed by atoms with van der Waals surface area (Å²) in [6.45, 7) is 4.07. The quantitative estimate of drug-likeness (QED) is 0.561. The second kappa shape index (κ2) is 9.09. The number of aromatic nitrogens is 3. The normalized spacial score (nSPS) is 14.8. The number of nitrogens with one attached hydrogen (secondary N) is 2. The van der Waals surface area contributed by atoms with E-state index in [1.54, 1.807) is 6.92 Å². The van der Waals surface area contributed by atoms with Crippen LogP contribution in [0.15, 0.2) is 36.1 Å². The van der Waals surface area contributed by atoms with Crippen molar-refractivity contribution in [2.45, 2.75) is 26.3 Å². The van der Waals surface area contributed by atoms with Crippen molar-refractivity contribution in [3.63, 3.8) is 0 Å². The van der Waals surface area contributed by atoms with Gasteiger partial charge in [-0.1, -0.05) is 0 Å². The van der Waals surface area contributed by atoms with Crippen LogP contribution in [-0.4, -0.2) is 40.0 Å². The number of fused-ring (bicyclic) bond motifs is 1. The maximum Gasteiger partial charge on any atom is 0.343 e. The first-order valence-corrected chi connectivity index (χ1v) is 10.7. The summed E-state index contributed by atoms with van der Waals surface area (Å²) in [6, 6.07) is 5.73. The van der Waals surface area contributed by atoms with Crippen LogP contribution in [0.3, 0.4) is 0 Å². The summed E-state index contributed by atoms with van der Waals surface area (Å²) in [5.41, 5.74) is 2.83. The Morgan fingerprint density at radius 3 is 3.03 bits per heavy atom. The van der Waals surface area contributed by atoms with E-state index in [1.165, 1.54) is 30.8 Å². The summed E-state index contributed by atoms with van der Waals surface area (Å²) >= 11 is 1.39. The van der Waals surface area contributed by atoms with Gasteiger partial charge in [0.05, 0.1) is 24.9 Å². The molecule has 4 rings (SSSR count). The molecule has 3 heterocycles. The molecule has 2 aromatic heterocycles. The highest BCUT2D eigenvalue weighted by atomic mass is 32.1. The van der Waals surface area contributed by atoms with Gasteiger partial charge in [-0.3, -0.25) is 4.79 Å². The van der Waals surface area contributed by atoms with Crippen LogP contribution >= 0.6 is 11.3 Å². The van der Waals surface area contributed by atoms with Gasteiger partial charge in [0.1, 0.15) is 23.5 Å². The predicted molar refractivity (Wildman–Crippen MR) is 115 cm³/mol. The Labute approximate surface area is 182 Å². The maximum atomic E-state index is 12.1. The summed E-state index contributed by atoms with van der Waals surface area (Å²) in [7, 11) is 0. The first kappa shape index (κ1) is 20.7. The molecule has 0 spiro atoms. The fraction of sp³-hybridized carbons (Fsp3) is 0.286. The van der Waals surface area contributed by atoms with Gasteiger partial charge in [-0.15, -0.1) is 11.3 Å². The zero-order valence-electron chi connectivity index (χ0n) is 17.0. The highest BCUT2D eigenvalue weighted by molar-refractivity contribution is 7.14. The zero-order chi connectivity index (χ0) is 21.8. The molecular weight excluding hydrogens is 418 g/mol. The number of esters is 1. The molecule has 0 aliphatic carbocycles. The fourth-order valence-electron chi connectivity index (χ4n) is 3.30. The Hall–Kier alpha value is -3.53. The largest absolute Gasteiger partial charge is 0.493 e. The third-order valence-corrected chi connectivity index (χ3v) is 5.42. The molecule has 160 valence electrons. The van der Waals surface area contributed by atoms with E-state index in [0.29, 0.717) is 24.0 Å². The van der Waals surface area contributed by atoms with E-state index < -0.39 is 5.97 Å². The number of nitrogens with zero attached hydrogens (tertiary/aromatic N) is 3. The van der Waals surface area contributed by atoms with Gasteiger partial charge in [-0.05, 0) is 25.1 Å². The molecule has 0 radical (unpaired) electrons. The van der Waals surface area contributed by atoms with Gasteiger partial charge >= 0.3 is 5.97 Å². The Morgan fingerprint density at radius 1 is 1.35 bits per heavy atom. The zero-order valence-corrected chi connectivity index (χ0v) is 17.9. The Bertz CT molecular complexity index is 1120. The molecule has 3 aromatic rings. The van der Waals surface area contributed by atoms with Gasteiger partial charge in [-0.2, -0.15) is 0 Å². The number of thiazole rings is 1. The number of benzene rings is 1. The third-order valence-electron chi connectivity index (χ3n) is 4.66. The second-order valence-electron chi connectivity index (χ2n) is 6.81. The third kappa shape index (κ3) is 4.64. The molecule has 31 heavy (non-hydrogen) atoms. The highest BCUT2D eigenvalue weighted by Crippen LogP contribution is 2.36. The van der Waals surface area contributed by atoms with Crippen LogP contribution < -0.4 is 15.4 Å². The Balaban J connectivity index is 1.58. The van der Waals surface area contributed by atoms with Crippen molar-refractivity contribution >= 4 is 34.2 Å². The molecule has 0 bridgehead atoms. The van der Waals surface area contributed by atoms with Crippen molar-refractivity contribution in [2.75, 3.05) is 18.5 Å². The lowest BCUT2D eigenvalue weighted by Gasteiger charge is -2.26. The molecule has 1 aliphatic heterocycles. The number of hydrogen-bond acceptors (Lipinski definition) is 9. The van der Waals surface area contributed by atoms with Crippen LogP contribution in [0, 0.1) is 0 Å².